The van der Waals surface area contributed by atoms with Gasteiger partial charge in [-0.25, -0.2) is 14.8 Å². The summed E-state index contributed by atoms with van der Waals surface area (Å²) in [6, 6.07) is -0.733. The van der Waals surface area contributed by atoms with Crippen LogP contribution in [0.4, 0.5) is 5.95 Å². The average Bonchev–Trinajstić information content (AvgIpc) is 3.07. The number of amides is 1. The number of methoxy groups -OCH3 is 1. The van der Waals surface area contributed by atoms with Gasteiger partial charge in [-0.3, -0.25) is 4.79 Å². The predicted octanol–water partition coefficient (Wildman–Crippen LogP) is 2.05. The van der Waals surface area contributed by atoms with E-state index in [1.165, 1.54) is 13.3 Å². The second kappa shape index (κ2) is 8.28. The van der Waals surface area contributed by atoms with Crippen LogP contribution in [0.2, 0.25) is 5.02 Å². The number of halogens is 1. The van der Waals surface area contributed by atoms with Crippen LogP contribution in [0.25, 0.3) is 0 Å². The molecule has 0 bridgehead atoms. The number of carbonyl (C=O) groups excluding carboxylic acids is 2. The molecule has 1 aliphatic rings. The zero-order valence-corrected chi connectivity index (χ0v) is 15.0. The minimum absolute atomic E-state index is 0.0752. The van der Waals surface area contributed by atoms with Crippen molar-refractivity contribution in [3.05, 3.63) is 16.9 Å². The van der Waals surface area contributed by atoms with Crippen LogP contribution in [-0.4, -0.2) is 48.1 Å². The van der Waals surface area contributed by atoms with Crippen LogP contribution in [-0.2, 0) is 9.53 Å². The number of nitrogens with zero attached hydrogens (tertiary/aromatic N) is 3. The molecule has 0 aliphatic carbocycles. The van der Waals surface area contributed by atoms with Gasteiger partial charge >= 0.3 is 5.97 Å². The van der Waals surface area contributed by atoms with Crippen molar-refractivity contribution in [2.75, 3.05) is 25.1 Å². The summed E-state index contributed by atoms with van der Waals surface area (Å²) < 4.78 is 4.76. The van der Waals surface area contributed by atoms with Crippen LogP contribution in [0.15, 0.2) is 6.20 Å². The van der Waals surface area contributed by atoms with E-state index in [2.05, 4.69) is 15.3 Å². The molecular weight excluding hydrogens is 332 g/mol. The van der Waals surface area contributed by atoms with Gasteiger partial charge in [0, 0.05) is 13.1 Å². The van der Waals surface area contributed by atoms with Gasteiger partial charge < -0.3 is 15.0 Å². The number of hydrogen-bond acceptors (Lipinski definition) is 6. The normalized spacial score (nSPS) is 15.5. The van der Waals surface area contributed by atoms with Gasteiger partial charge in [-0.1, -0.05) is 25.4 Å². The fraction of sp³-hybridized carbons (Fsp3) is 0.625. The lowest BCUT2D eigenvalue weighted by Crippen LogP contribution is -2.42. The summed E-state index contributed by atoms with van der Waals surface area (Å²) in [4.78, 5) is 34.9. The maximum Gasteiger partial charge on any atom is 0.328 e. The first-order valence-corrected chi connectivity index (χ1v) is 8.46. The van der Waals surface area contributed by atoms with Gasteiger partial charge in [0.1, 0.15) is 6.04 Å². The Morgan fingerprint density at radius 2 is 2.04 bits per heavy atom. The third-order valence-corrected chi connectivity index (χ3v) is 4.11. The summed E-state index contributed by atoms with van der Waals surface area (Å²) in [5, 5.41) is 2.82. The molecule has 7 nitrogen and oxygen atoms in total. The second-order valence-corrected chi connectivity index (χ2v) is 6.65. The molecule has 1 fully saturated rings. The van der Waals surface area contributed by atoms with Gasteiger partial charge in [0.05, 0.1) is 18.3 Å². The molecule has 132 valence electrons. The molecule has 8 heteroatoms. The second-order valence-electron chi connectivity index (χ2n) is 6.24. The first kappa shape index (κ1) is 18.4. The predicted molar refractivity (Wildman–Crippen MR) is 91.2 cm³/mol. The molecule has 24 heavy (non-hydrogen) atoms. The monoisotopic (exact) mass is 354 g/mol. The van der Waals surface area contributed by atoms with Crippen molar-refractivity contribution in [2.45, 2.75) is 39.2 Å². The van der Waals surface area contributed by atoms with Crippen molar-refractivity contribution in [3.63, 3.8) is 0 Å². The number of ether oxygens (including phenoxy) is 1. The maximum absolute atomic E-state index is 12.5. The van der Waals surface area contributed by atoms with Crippen LogP contribution in [0.1, 0.15) is 43.6 Å². The molecule has 1 saturated heterocycles. The number of rotatable bonds is 6. The van der Waals surface area contributed by atoms with Crippen LogP contribution in [0.5, 0.6) is 0 Å². The van der Waals surface area contributed by atoms with Crippen molar-refractivity contribution < 1.29 is 14.3 Å². The lowest BCUT2D eigenvalue weighted by Gasteiger charge is -2.19. The molecule has 1 aromatic heterocycles. The van der Waals surface area contributed by atoms with E-state index in [9.17, 15) is 9.59 Å². The molecule has 0 spiro atoms. The molecule has 1 aromatic rings. The SMILES string of the molecule is COC(=O)[C@@H](CC(C)C)NC(=O)c1nc(N2CCCC2)ncc1Cl. The van der Waals surface area contributed by atoms with E-state index >= 15 is 0 Å². The van der Waals surface area contributed by atoms with Gasteiger partial charge in [-0.15, -0.1) is 0 Å². The Balaban J connectivity index is 2.17. The molecular formula is C16H23ClN4O3. The first-order valence-electron chi connectivity index (χ1n) is 8.08. The highest BCUT2D eigenvalue weighted by Crippen LogP contribution is 2.20. The van der Waals surface area contributed by atoms with Gasteiger partial charge in [-0.05, 0) is 25.2 Å². The lowest BCUT2D eigenvalue weighted by molar-refractivity contribution is -0.143. The number of hydrogen-bond donors (Lipinski definition) is 1. The Morgan fingerprint density at radius 3 is 2.62 bits per heavy atom. The van der Waals surface area contributed by atoms with Gasteiger partial charge in [0.2, 0.25) is 5.95 Å². The number of anilines is 1. The Bertz CT molecular complexity index is 603. The number of nitrogens with one attached hydrogen (secondary N) is 1. The van der Waals surface area contributed by atoms with Crippen molar-refractivity contribution in [1.82, 2.24) is 15.3 Å². The van der Waals surface area contributed by atoms with Crippen molar-refractivity contribution in [3.8, 4) is 0 Å². The van der Waals surface area contributed by atoms with Gasteiger partial charge in [-0.2, -0.15) is 0 Å². The topological polar surface area (TPSA) is 84.4 Å². The minimum Gasteiger partial charge on any atom is -0.467 e. The summed E-state index contributed by atoms with van der Waals surface area (Å²) >= 11 is 6.08. The highest BCUT2D eigenvalue weighted by Gasteiger charge is 2.26. The molecule has 1 aliphatic heterocycles. The fourth-order valence-corrected chi connectivity index (χ4v) is 2.82. The summed E-state index contributed by atoms with van der Waals surface area (Å²) in [6.07, 6.45) is 4.05. The highest BCUT2D eigenvalue weighted by atomic mass is 35.5. The van der Waals surface area contributed by atoms with E-state index in [1.807, 2.05) is 18.7 Å². The number of carbonyl (C=O) groups is 2. The Kier molecular flexibility index (Phi) is 6.36. The molecule has 2 heterocycles. The van der Waals surface area contributed by atoms with Crippen LogP contribution >= 0.6 is 11.6 Å². The van der Waals surface area contributed by atoms with Crippen LogP contribution < -0.4 is 10.2 Å². The molecule has 2 rings (SSSR count). The van der Waals surface area contributed by atoms with Crippen molar-refractivity contribution in [1.29, 1.82) is 0 Å². The average molecular weight is 355 g/mol. The molecule has 1 atom stereocenters. The van der Waals surface area contributed by atoms with E-state index in [0.717, 1.165) is 25.9 Å². The first-order chi connectivity index (χ1) is 11.4. The van der Waals surface area contributed by atoms with Gasteiger partial charge in [0.15, 0.2) is 5.69 Å². The van der Waals surface area contributed by atoms with Crippen molar-refractivity contribution >= 4 is 29.4 Å². The Hall–Kier alpha value is -1.89. The molecule has 0 saturated carbocycles. The largest absolute Gasteiger partial charge is 0.467 e. The lowest BCUT2D eigenvalue weighted by atomic mass is 10.0. The zero-order chi connectivity index (χ0) is 17.7. The zero-order valence-electron chi connectivity index (χ0n) is 14.2. The van der Waals surface area contributed by atoms with Gasteiger partial charge in [0.25, 0.3) is 5.91 Å². The van der Waals surface area contributed by atoms with E-state index in [4.69, 9.17) is 16.3 Å². The van der Waals surface area contributed by atoms with E-state index in [-0.39, 0.29) is 16.6 Å². The Labute approximate surface area is 146 Å². The summed E-state index contributed by atoms with van der Waals surface area (Å²) in [5.41, 5.74) is 0.0752. The number of aromatic nitrogens is 2. The smallest absolute Gasteiger partial charge is 0.328 e. The van der Waals surface area contributed by atoms with Crippen LogP contribution in [0, 0.1) is 5.92 Å². The molecule has 1 N–H and O–H groups in total. The third kappa shape index (κ3) is 4.56. The maximum atomic E-state index is 12.5. The fourth-order valence-electron chi connectivity index (χ4n) is 2.64. The van der Waals surface area contributed by atoms with E-state index in [0.29, 0.717) is 12.4 Å². The Morgan fingerprint density at radius 1 is 1.38 bits per heavy atom. The van der Waals surface area contributed by atoms with E-state index < -0.39 is 17.9 Å². The molecule has 1 amide bonds. The quantitative estimate of drug-likeness (QED) is 0.787. The molecule has 0 aromatic carbocycles. The summed E-state index contributed by atoms with van der Waals surface area (Å²) in [7, 11) is 1.30. The summed E-state index contributed by atoms with van der Waals surface area (Å²) in [6.45, 7) is 5.65. The van der Waals surface area contributed by atoms with E-state index in [1.54, 1.807) is 0 Å². The molecule has 0 radical (unpaired) electrons. The minimum atomic E-state index is -0.733. The van der Waals surface area contributed by atoms with Crippen LogP contribution in [0.3, 0.4) is 0 Å². The summed E-state index contributed by atoms with van der Waals surface area (Å²) in [5.74, 6) is -0.281. The number of esters is 1. The standard InChI is InChI=1S/C16H23ClN4O3/c1-10(2)8-12(15(23)24-3)19-14(22)13-11(17)9-18-16(20-13)21-6-4-5-7-21/h9-10,12H,4-8H2,1-3H3,(H,19,22)/t12-/m1/s1. The third-order valence-electron chi connectivity index (χ3n) is 3.83. The molecule has 0 unspecified atom stereocenters. The highest BCUT2D eigenvalue weighted by molar-refractivity contribution is 6.33. The van der Waals surface area contributed by atoms with Crippen molar-refractivity contribution in [2.24, 2.45) is 5.92 Å².